The second-order valence-electron chi connectivity index (χ2n) is 14.1. The molecule has 0 fully saturated rings. The van der Waals surface area contributed by atoms with Crippen molar-refractivity contribution in [3.05, 3.63) is 174 Å². The quantitative estimate of drug-likeness (QED) is 0.157. The highest BCUT2D eigenvalue weighted by Crippen LogP contribution is 2.55. The number of aromatic nitrogens is 1. The van der Waals surface area contributed by atoms with Crippen LogP contribution in [0.5, 0.6) is 0 Å². The van der Waals surface area contributed by atoms with Gasteiger partial charge in [-0.2, -0.15) is 0 Å². The number of nitrogens with zero attached hydrogens (tertiary/aromatic N) is 1. The van der Waals surface area contributed by atoms with Crippen molar-refractivity contribution < 1.29 is 0 Å². The van der Waals surface area contributed by atoms with Gasteiger partial charge in [-0.3, -0.25) is 0 Å². The van der Waals surface area contributed by atoms with E-state index in [4.69, 9.17) is 0 Å². The van der Waals surface area contributed by atoms with Gasteiger partial charge < -0.3 is 4.57 Å². The molecule has 11 rings (SSSR count). The first-order chi connectivity index (χ1) is 23.6. The van der Waals surface area contributed by atoms with Crippen molar-refractivity contribution in [2.45, 2.75) is 18.5 Å². The predicted octanol–water partition coefficient (Wildman–Crippen LogP) is 10.7. The normalized spacial score (nSPS) is 17.2. The van der Waals surface area contributed by atoms with E-state index in [1.165, 1.54) is 91.4 Å². The Morgan fingerprint density at radius 1 is 0.479 bits per heavy atom. The van der Waals surface area contributed by atoms with E-state index >= 15 is 0 Å². The molecule has 0 saturated heterocycles. The maximum atomic E-state index is 2.57. The van der Waals surface area contributed by atoms with E-state index in [0.29, 0.717) is 0 Å². The number of rotatable bonds is 1. The Morgan fingerprint density at radius 2 is 1.12 bits per heavy atom. The van der Waals surface area contributed by atoms with Gasteiger partial charge in [-0.25, -0.2) is 0 Å². The van der Waals surface area contributed by atoms with Crippen LogP contribution in [-0.2, 0) is 5.41 Å². The molecule has 0 N–H and O–H groups in total. The minimum Gasteiger partial charge on any atom is -0.309 e. The molecule has 3 heteroatoms. The van der Waals surface area contributed by atoms with Gasteiger partial charge in [-0.1, -0.05) is 128 Å². The standard InChI is InChI=1S/C45H31NSSi/c1-48(2)42-21-10-6-16-35(42)45(34-15-5-8-19-39(34)46-38-18-7-3-12-30(38)32-14-11-17-36(45)44(32)46)37-27-29(23-25-43(37)48)28-22-24-41-33(26-28)31-13-4-9-20-40(31)47-41/h3-27H,1-2H3. The van der Waals surface area contributed by atoms with Crippen molar-refractivity contribution in [2.75, 3.05) is 0 Å². The van der Waals surface area contributed by atoms with E-state index in [9.17, 15) is 0 Å². The molecule has 2 aliphatic heterocycles. The zero-order chi connectivity index (χ0) is 31.8. The van der Waals surface area contributed by atoms with Gasteiger partial charge in [0.15, 0.2) is 0 Å². The average molecular weight is 646 g/mol. The Labute approximate surface area is 284 Å². The van der Waals surface area contributed by atoms with Gasteiger partial charge in [0.05, 0.1) is 22.1 Å². The molecule has 1 atom stereocenters. The summed E-state index contributed by atoms with van der Waals surface area (Å²) in [6.07, 6.45) is 0. The van der Waals surface area contributed by atoms with Gasteiger partial charge >= 0.3 is 0 Å². The maximum Gasteiger partial charge on any atom is 0.113 e. The van der Waals surface area contributed by atoms with E-state index in [0.717, 1.165) is 0 Å². The summed E-state index contributed by atoms with van der Waals surface area (Å²) in [5, 5.41) is 8.39. The summed E-state index contributed by atoms with van der Waals surface area (Å²) in [5.41, 5.74) is 11.6. The Balaban J connectivity index is 1.30. The minimum absolute atomic E-state index is 0.454. The average Bonchev–Trinajstić information content (AvgIpc) is 3.68. The fourth-order valence-electron chi connectivity index (χ4n) is 9.41. The first-order valence-electron chi connectivity index (χ1n) is 16.9. The third kappa shape index (κ3) is 3.16. The minimum atomic E-state index is -2.07. The highest BCUT2D eigenvalue weighted by molar-refractivity contribution is 7.25. The zero-order valence-electron chi connectivity index (χ0n) is 26.8. The maximum absolute atomic E-state index is 2.57. The molecule has 0 radical (unpaired) electrons. The summed E-state index contributed by atoms with van der Waals surface area (Å²) in [7, 11) is -2.07. The number of fused-ring (bicyclic) bond motifs is 14. The van der Waals surface area contributed by atoms with Crippen LogP contribution in [0.15, 0.2) is 152 Å². The van der Waals surface area contributed by atoms with Crippen molar-refractivity contribution in [1.82, 2.24) is 4.57 Å². The molecule has 1 nitrogen and oxygen atoms in total. The van der Waals surface area contributed by atoms with Crippen molar-refractivity contribution in [1.29, 1.82) is 0 Å². The molecule has 0 amide bonds. The molecule has 9 aromatic rings. The number of hydrogen-bond donors (Lipinski definition) is 0. The number of thiophene rings is 1. The van der Waals surface area contributed by atoms with E-state index in [-0.39, 0.29) is 0 Å². The molecular formula is C45H31NSSi. The second-order valence-corrected chi connectivity index (χ2v) is 19.5. The zero-order valence-corrected chi connectivity index (χ0v) is 28.6. The van der Waals surface area contributed by atoms with Crippen LogP contribution in [0.4, 0.5) is 0 Å². The number of para-hydroxylation sites is 3. The first-order valence-corrected chi connectivity index (χ1v) is 20.7. The summed E-state index contributed by atoms with van der Waals surface area (Å²) >= 11 is 1.89. The third-order valence-electron chi connectivity index (χ3n) is 11.5. The molecule has 0 aliphatic carbocycles. The van der Waals surface area contributed by atoms with Gasteiger partial charge in [0.2, 0.25) is 0 Å². The van der Waals surface area contributed by atoms with E-state index < -0.39 is 13.5 Å². The first kappa shape index (κ1) is 26.8. The lowest BCUT2D eigenvalue weighted by Crippen LogP contribution is -2.63. The van der Waals surface area contributed by atoms with Crippen LogP contribution >= 0.6 is 11.3 Å². The molecule has 226 valence electrons. The molecule has 1 unspecified atom stereocenters. The van der Waals surface area contributed by atoms with Crippen molar-refractivity contribution in [3.8, 4) is 16.8 Å². The predicted molar refractivity (Wildman–Crippen MR) is 208 cm³/mol. The van der Waals surface area contributed by atoms with Crippen LogP contribution in [-0.4, -0.2) is 12.6 Å². The smallest absolute Gasteiger partial charge is 0.113 e. The Morgan fingerprint density at radius 3 is 2.04 bits per heavy atom. The highest BCUT2D eigenvalue weighted by Gasteiger charge is 2.53. The number of hydrogen-bond acceptors (Lipinski definition) is 1. The third-order valence-corrected chi connectivity index (χ3v) is 16.2. The highest BCUT2D eigenvalue weighted by atomic mass is 32.1. The van der Waals surface area contributed by atoms with Crippen LogP contribution < -0.4 is 10.4 Å². The monoisotopic (exact) mass is 645 g/mol. The van der Waals surface area contributed by atoms with Crippen LogP contribution in [0, 0.1) is 0 Å². The summed E-state index contributed by atoms with van der Waals surface area (Å²) in [4.78, 5) is 0. The molecule has 0 bridgehead atoms. The lowest BCUT2D eigenvalue weighted by molar-refractivity contribution is 0.732. The Kier molecular flexibility index (Phi) is 5.15. The molecular weight excluding hydrogens is 615 g/mol. The fraction of sp³-hybridized carbons (Fsp3) is 0.0667. The summed E-state index contributed by atoms with van der Waals surface area (Å²) in [6, 6.07) is 58.0. The van der Waals surface area contributed by atoms with E-state index in [1.54, 1.807) is 0 Å². The van der Waals surface area contributed by atoms with Crippen LogP contribution in [0.1, 0.15) is 22.3 Å². The topological polar surface area (TPSA) is 4.93 Å². The fourth-order valence-corrected chi connectivity index (χ4v) is 13.7. The molecule has 1 spiro atoms. The van der Waals surface area contributed by atoms with Gasteiger partial charge in [0, 0.05) is 30.9 Å². The SMILES string of the molecule is C[Si]1(C)c2ccccc2C2(c3ccccc3-n3c4ccccc4c4cccc2c43)c2cc(-c3ccc4sc5ccccc5c4c3)ccc21. The van der Waals surface area contributed by atoms with Gasteiger partial charge in [0.25, 0.3) is 0 Å². The van der Waals surface area contributed by atoms with Crippen LogP contribution in [0.3, 0.4) is 0 Å². The van der Waals surface area contributed by atoms with Crippen molar-refractivity contribution in [3.63, 3.8) is 0 Å². The van der Waals surface area contributed by atoms with E-state index in [2.05, 4.69) is 169 Å². The van der Waals surface area contributed by atoms with Crippen LogP contribution in [0.25, 0.3) is 58.8 Å². The summed E-state index contributed by atoms with van der Waals surface area (Å²) < 4.78 is 5.23. The summed E-state index contributed by atoms with van der Waals surface area (Å²) in [6.45, 7) is 5.10. The lowest BCUT2D eigenvalue weighted by atomic mass is 9.62. The van der Waals surface area contributed by atoms with Crippen molar-refractivity contribution in [2.24, 2.45) is 0 Å². The lowest BCUT2D eigenvalue weighted by Gasteiger charge is -2.49. The molecule has 0 saturated carbocycles. The molecule has 4 heterocycles. The van der Waals surface area contributed by atoms with Gasteiger partial charge in [-0.15, -0.1) is 11.3 Å². The molecule has 2 aliphatic rings. The van der Waals surface area contributed by atoms with E-state index in [1.807, 2.05) is 11.3 Å². The number of benzene rings is 7. The molecule has 48 heavy (non-hydrogen) atoms. The van der Waals surface area contributed by atoms with Crippen LogP contribution in [0.2, 0.25) is 13.1 Å². The molecule has 2 aromatic heterocycles. The molecule has 7 aromatic carbocycles. The van der Waals surface area contributed by atoms with Gasteiger partial charge in [-0.05, 0) is 80.2 Å². The second kappa shape index (κ2) is 9.22. The Hall–Kier alpha value is -5.22. The summed E-state index contributed by atoms with van der Waals surface area (Å²) in [5.74, 6) is 0. The van der Waals surface area contributed by atoms with Crippen molar-refractivity contribution >= 4 is 71.8 Å². The van der Waals surface area contributed by atoms with Gasteiger partial charge in [0.1, 0.15) is 8.07 Å². The largest absolute Gasteiger partial charge is 0.309 e. The Bertz CT molecular complexity index is 2830.